The summed E-state index contributed by atoms with van der Waals surface area (Å²) in [5, 5.41) is 0. The van der Waals surface area contributed by atoms with Gasteiger partial charge < -0.3 is 23.7 Å². The van der Waals surface area contributed by atoms with Crippen molar-refractivity contribution in [2.75, 3.05) is 19.6 Å². The van der Waals surface area contributed by atoms with Gasteiger partial charge in [-0.2, -0.15) is 0 Å². The molecule has 2 amide bonds. The van der Waals surface area contributed by atoms with Crippen molar-refractivity contribution in [1.82, 2.24) is 9.80 Å². The second-order valence-corrected chi connectivity index (χ2v) is 7.33. The number of hydrogen-bond acceptors (Lipinski definition) is 6. The summed E-state index contributed by atoms with van der Waals surface area (Å²) >= 11 is 0. The number of rotatable bonds is 5. The maximum atomic E-state index is 12.6. The molecule has 1 aromatic rings. The Bertz CT molecular complexity index is 678. The largest absolute Gasteiger partial charge is 0.467 e. The van der Waals surface area contributed by atoms with E-state index in [1.807, 2.05) is 13.8 Å². The van der Waals surface area contributed by atoms with Gasteiger partial charge in [0.25, 0.3) is 5.91 Å². The highest BCUT2D eigenvalue weighted by atomic mass is 16.5. The Morgan fingerprint density at radius 2 is 1.96 bits per heavy atom. The molecular formula is C19H26N2O6. The predicted octanol–water partition coefficient (Wildman–Crippen LogP) is 1.20. The predicted molar refractivity (Wildman–Crippen MR) is 94.4 cm³/mol. The number of carbonyl (C=O) groups is 3. The molecule has 8 heteroatoms. The van der Waals surface area contributed by atoms with Crippen LogP contribution in [0.5, 0.6) is 0 Å². The van der Waals surface area contributed by atoms with Crippen LogP contribution in [0.1, 0.15) is 33.0 Å². The fraction of sp³-hybridized carbons (Fsp3) is 0.632. The zero-order chi connectivity index (χ0) is 19.6. The highest BCUT2D eigenvalue weighted by molar-refractivity contribution is 5.89. The van der Waals surface area contributed by atoms with Crippen molar-refractivity contribution in [3.05, 3.63) is 24.2 Å². The summed E-state index contributed by atoms with van der Waals surface area (Å²) < 4.78 is 16.3. The molecule has 148 valence electrons. The van der Waals surface area contributed by atoms with E-state index in [-0.39, 0.29) is 37.0 Å². The fourth-order valence-electron chi connectivity index (χ4n) is 3.61. The van der Waals surface area contributed by atoms with Crippen LogP contribution in [0.2, 0.25) is 0 Å². The van der Waals surface area contributed by atoms with Crippen molar-refractivity contribution in [3.8, 4) is 0 Å². The zero-order valence-corrected chi connectivity index (χ0v) is 15.9. The first-order chi connectivity index (χ1) is 12.8. The minimum absolute atomic E-state index is 0.0526. The van der Waals surface area contributed by atoms with Crippen LogP contribution in [0.3, 0.4) is 0 Å². The van der Waals surface area contributed by atoms with E-state index in [1.165, 1.54) is 0 Å². The zero-order valence-electron chi connectivity index (χ0n) is 15.9. The lowest BCUT2D eigenvalue weighted by Gasteiger charge is -2.36. The van der Waals surface area contributed by atoms with Gasteiger partial charge in [-0.05, 0) is 32.9 Å². The molecule has 3 rings (SSSR count). The molecule has 0 radical (unpaired) electrons. The molecule has 2 aliphatic heterocycles. The molecule has 0 aromatic carbocycles. The Morgan fingerprint density at radius 3 is 2.59 bits per heavy atom. The van der Waals surface area contributed by atoms with Gasteiger partial charge in [0.05, 0.1) is 30.9 Å². The molecule has 27 heavy (non-hydrogen) atoms. The molecular weight excluding hydrogens is 352 g/mol. The SMILES string of the molecule is C[C@H]1CN(C(=O)[C@@H](C)OC(=O)[C@@H]2CC(=O)N(Cc3ccco3)C2)C[C@H](C)O1. The first-order valence-corrected chi connectivity index (χ1v) is 9.28. The number of carbonyl (C=O) groups excluding carboxylic acids is 3. The van der Waals surface area contributed by atoms with E-state index in [9.17, 15) is 14.4 Å². The summed E-state index contributed by atoms with van der Waals surface area (Å²) in [7, 11) is 0. The highest BCUT2D eigenvalue weighted by Gasteiger charge is 2.38. The Labute approximate surface area is 158 Å². The molecule has 8 nitrogen and oxygen atoms in total. The van der Waals surface area contributed by atoms with Crippen molar-refractivity contribution in [1.29, 1.82) is 0 Å². The smallest absolute Gasteiger partial charge is 0.312 e. The molecule has 0 bridgehead atoms. The van der Waals surface area contributed by atoms with Crippen LogP contribution in [-0.2, 0) is 30.4 Å². The number of furan rings is 1. The van der Waals surface area contributed by atoms with E-state index in [2.05, 4.69) is 0 Å². The summed E-state index contributed by atoms with van der Waals surface area (Å²) in [4.78, 5) is 40.4. The van der Waals surface area contributed by atoms with Crippen LogP contribution >= 0.6 is 0 Å². The van der Waals surface area contributed by atoms with Gasteiger partial charge in [0.2, 0.25) is 5.91 Å². The summed E-state index contributed by atoms with van der Waals surface area (Å²) in [5.74, 6) is -0.771. The van der Waals surface area contributed by atoms with Crippen LogP contribution < -0.4 is 0 Å². The molecule has 0 unspecified atom stereocenters. The number of likely N-dealkylation sites (tertiary alicyclic amines) is 1. The van der Waals surface area contributed by atoms with Crippen LogP contribution in [0.25, 0.3) is 0 Å². The van der Waals surface area contributed by atoms with E-state index in [0.29, 0.717) is 25.4 Å². The van der Waals surface area contributed by atoms with Gasteiger partial charge >= 0.3 is 5.97 Å². The topological polar surface area (TPSA) is 89.3 Å². The van der Waals surface area contributed by atoms with E-state index < -0.39 is 18.0 Å². The van der Waals surface area contributed by atoms with Gasteiger partial charge in [-0.15, -0.1) is 0 Å². The van der Waals surface area contributed by atoms with Gasteiger partial charge in [0.15, 0.2) is 6.10 Å². The van der Waals surface area contributed by atoms with Gasteiger partial charge in [-0.25, -0.2) is 0 Å². The average Bonchev–Trinajstić information content (AvgIpc) is 3.24. The lowest BCUT2D eigenvalue weighted by atomic mass is 10.1. The maximum absolute atomic E-state index is 12.6. The Balaban J connectivity index is 1.52. The monoisotopic (exact) mass is 378 g/mol. The summed E-state index contributed by atoms with van der Waals surface area (Å²) in [6.07, 6.45) is 0.643. The number of morpholine rings is 1. The third-order valence-electron chi connectivity index (χ3n) is 4.85. The normalized spacial score (nSPS) is 26.9. The van der Waals surface area contributed by atoms with E-state index in [4.69, 9.17) is 13.9 Å². The molecule has 1 aromatic heterocycles. The van der Waals surface area contributed by atoms with Gasteiger partial charge in [0, 0.05) is 26.1 Å². The highest BCUT2D eigenvalue weighted by Crippen LogP contribution is 2.22. The number of amides is 2. The molecule has 0 spiro atoms. The number of ether oxygens (including phenoxy) is 2. The first kappa shape index (κ1) is 19.4. The second-order valence-electron chi connectivity index (χ2n) is 7.33. The first-order valence-electron chi connectivity index (χ1n) is 9.28. The molecule has 0 saturated carbocycles. The van der Waals surface area contributed by atoms with E-state index in [1.54, 1.807) is 35.1 Å². The molecule has 0 aliphatic carbocycles. The average molecular weight is 378 g/mol. The maximum Gasteiger partial charge on any atom is 0.312 e. The van der Waals surface area contributed by atoms with Crippen molar-refractivity contribution in [3.63, 3.8) is 0 Å². The molecule has 2 aliphatic rings. The number of esters is 1. The summed E-state index contributed by atoms with van der Waals surface area (Å²) in [6, 6.07) is 3.53. The minimum Gasteiger partial charge on any atom is -0.467 e. The second kappa shape index (κ2) is 8.12. The van der Waals surface area contributed by atoms with E-state index in [0.717, 1.165) is 0 Å². The Hall–Kier alpha value is -2.35. The quantitative estimate of drug-likeness (QED) is 0.715. The Kier molecular flexibility index (Phi) is 5.84. The van der Waals surface area contributed by atoms with Gasteiger partial charge in [-0.1, -0.05) is 0 Å². The van der Waals surface area contributed by atoms with Crippen molar-refractivity contribution in [2.45, 2.75) is 52.0 Å². The van der Waals surface area contributed by atoms with Crippen LogP contribution in [0.4, 0.5) is 0 Å². The third kappa shape index (κ3) is 4.68. The van der Waals surface area contributed by atoms with Crippen LogP contribution in [0.15, 0.2) is 22.8 Å². The summed E-state index contributed by atoms with van der Waals surface area (Å²) in [5.41, 5.74) is 0. The Morgan fingerprint density at radius 1 is 1.26 bits per heavy atom. The molecule has 2 saturated heterocycles. The fourth-order valence-corrected chi connectivity index (χ4v) is 3.61. The lowest BCUT2D eigenvalue weighted by molar-refractivity contribution is -0.166. The number of nitrogens with zero attached hydrogens (tertiary/aromatic N) is 2. The van der Waals surface area contributed by atoms with Crippen molar-refractivity contribution >= 4 is 17.8 Å². The van der Waals surface area contributed by atoms with Gasteiger partial charge in [0.1, 0.15) is 5.76 Å². The lowest BCUT2D eigenvalue weighted by Crippen LogP contribution is -2.51. The molecule has 3 heterocycles. The summed E-state index contributed by atoms with van der Waals surface area (Å²) in [6.45, 7) is 6.93. The molecule has 0 N–H and O–H groups in total. The number of hydrogen-bond donors (Lipinski definition) is 0. The minimum atomic E-state index is -0.885. The van der Waals surface area contributed by atoms with Crippen molar-refractivity contribution in [2.24, 2.45) is 5.92 Å². The third-order valence-corrected chi connectivity index (χ3v) is 4.85. The van der Waals surface area contributed by atoms with Crippen LogP contribution in [0, 0.1) is 5.92 Å². The molecule has 4 atom stereocenters. The van der Waals surface area contributed by atoms with Crippen molar-refractivity contribution < 1.29 is 28.3 Å². The van der Waals surface area contributed by atoms with E-state index >= 15 is 0 Å². The molecule has 2 fully saturated rings. The van der Waals surface area contributed by atoms with Crippen LogP contribution in [-0.4, -0.2) is 65.5 Å². The standard InChI is InChI=1S/C19H26N2O6/c1-12-8-21(9-13(2)26-12)18(23)14(3)27-19(24)15-7-17(22)20(10-15)11-16-5-4-6-25-16/h4-6,12-15H,7-11H2,1-3H3/t12-,13-,14+,15+/m0/s1. The van der Waals surface area contributed by atoms with Gasteiger partial charge in [-0.3, -0.25) is 14.4 Å².